The Hall–Kier alpha value is -1.43. The maximum Gasteiger partial charge on any atom is 0.310 e. The van der Waals surface area contributed by atoms with Crippen LogP contribution in [0.2, 0.25) is 5.02 Å². The molecule has 1 aromatic heterocycles. The van der Waals surface area contributed by atoms with Crippen molar-refractivity contribution in [1.29, 1.82) is 0 Å². The summed E-state index contributed by atoms with van der Waals surface area (Å²) in [5.41, 5.74) is 4.78. The number of halogens is 3. The van der Waals surface area contributed by atoms with E-state index < -0.39 is 18.1 Å². The zero-order chi connectivity index (χ0) is 13.0. The summed E-state index contributed by atoms with van der Waals surface area (Å²) in [6.07, 6.45) is -2.01. The van der Waals surface area contributed by atoms with Crippen LogP contribution in [0.3, 0.4) is 0 Å². The second-order valence-corrected chi connectivity index (χ2v) is 3.57. The van der Waals surface area contributed by atoms with E-state index in [0.29, 0.717) is 0 Å². The summed E-state index contributed by atoms with van der Waals surface area (Å²) in [6, 6.07) is 0. The Balaban J connectivity index is 3.05. The van der Waals surface area contributed by atoms with Gasteiger partial charge in [0.15, 0.2) is 0 Å². The Labute approximate surface area is 102 Å². The van der Waals surface area contributed by atoms with Crippen molar-refractivity contribution in [3.63, 3.8) is 0 Å². The third-order valence-corrected chi connectivity index (χ3v) is 2.37. The summed E-state index contributed by atoms with van der Waals surface area (Å²) in [7, 11) is 0. The molecule has 0 bridgehead atoms. The van der Waals surface area contributed by atoms with Crippen LogP contribution in [0.1, 0.15) is 24.6 Å². The monoisotopic (exact) mass is 264 g/mol. The van der Waals surface area contributed by atoms with E-state index in [2.05, 4.69) is 4.98 Å². The molecule has 7 heteroatoms. The predicted octanol–water partition coefficient (Wildman–Crippen LogP) is 2.36. The predicted molar refractivity (Wildman–Crippen MR) is 59.0 cm³/mol. The molecule has 1 rings (SSSR count). The van der Waals surface area contributed by atoms with E-state index in [4.69, 9.17) is 22.1 Å². The molecular formula is C10H11ClF2N2O2. The van der Waals surface area contributed by atoms with E-state index in [1.807, 2.05) is 0 Å². The number of nitrogens with two attached hydrogens (primary N) is 1. The first-order valence-electron chi connectivity index (χ1n) is 4.83. The Morgan fingerprint density at radius 3 is 2.82 bits per heavy atom. The van der Waals surface area contributed by atoms with Gasteiger partial charge in [-0.1, -0.05) is 11.6 Å². The molecule has 1 aromatic rings. The maximum atomic E-state index is 12.5. The van der Waals surface area contributed by atoms with E-state index >= 15 is 0 Å². The number of carbonyl (C=O) groups excluding carboxylic acids is 1. The molecule has 0 aliphatic carbocycles. The molecule has 0 aliphatic heterocycles. The van der Waals surface area contributed by atoms with Crippen LogP contribution < -0.4 is 5.73 Å². The normalized spacial score (nSPS) is 10.6. The molecule has 0 spiro atoms. The average molecular weight is 265 g/mol. The highest BCUT2D eigenvalue weighted by atomic mass is 35.5. The molecule has 0 radical (unpaired) electrons. The zero-order valence-corrected chi connectivity index (χ0v) is 9.80. The fourth-order valence-electron chi connectivity index (χ4n) is 1.27. The number of pyridine rings is 1. The lowest BCUT2D eigenvalue weighted by Gasteiger charge is -2.11. The van der Waals surface area contributed by atoms with E-state index in [-0.39, 0.29) is 29.3 Å². The second kappa shape index (κ2) is 5.77. The minimum Gasteiger partial charge on any atom is -0.466 e. The van der Waals surface area contributed by atoms with E-state index in [0.717, 1.165) is 6.20 Å². The van der Waals surface area contributed by atoms with Gasteiger partial charge in [-0.2, -0.15) is 0 Å². The van der Waals surface area contributed by atoms with Crippen molar-refractivity contribution < 1.29 is 18.3 Å². The van der Waals surface area contributed by atoms with Crippen molar-refractivity contribution in [3.05, 3.63) is 22.5 Å². The molecule has 0 aliphatic rings. The van der Waals surface area contributed by atoms with Gasteiger partial charge in [0.1, 0.15) is 5.69 Å². The van der Waals surface area contributed by atoms with Crippen molar-refractivity contribution in [2.75, 3.05) is 12.3 Å². The standard InChI is InChI=1S/C10H11ClF2N2O2/c1-2-17-7(16)3-5-6(11)4-15-9(8(5)14)10(12)13/h4,10H,2-3,14H2,1H3. The SMILES string of the molecule is CCOC(=O)Cc1c(Cl)cnc(C(F)F)c1N. The fourth-order valence-corrected chi connectivity index (χ4v) is 1.48. The molecule has 2 N–H and O–H groups in total. The molecular weight excluding hydrogens is 254 g/mol. The van der Waals surface area contributed by atoms with Gasteiger partial charge in [-0.25, -0.2) is 8.78 Å². The summed E-state index contributed by atoms with van der Waals surface area (Å²) in [4.78, 5) is 14.7. The largest absolute Gasteiger partial charge is 0.466 e. The van der Waals surface area contributed by atoms with Gasteiger partial charge < -0.3 is 10.5 Å². The number of alkyl halides is 2. The smallest absolute Gasteiger partial charge is 0.310 e. The summed E-state index contributed by atoms with van der Waals surface area (Å²) >= 11 is 5.76. The Morgan fingerprint density at radius 2 is 2.29 bits per heavy atom. The van der Waals surface area contributed by atoms with Crippen molar-refractivity contribution >= 4 is 23.3 Å². The number of anilines is 1. The number of carbonyl (C=O) groups is 1. The lowest BCUT2D eigenvalue weighted by atomic mass is 10.1. The number of nitrogen functional groups attached to an aromatic ring is 1. The zero-order valence-electron chi connectivity index (χ0n) is 9.04. The highest BCUT2D eigenvalue weighted by Gasteiger charge is 2.20. The van der Waals surface area contributed by atoms with Gasteiger partial charge in [0.05, 0.1) is 23.7 Å². The molecule has 17 heavy (non-hydrogen) atoms. The molecule has 0 saturated carbocycles. The van der Waals surface area contributed by atoms with Crippen LogP contribution in [0.15, 0.2) is 6.20 Å². The van der Waals surface area contributed by atoms with E-state index in [9.17, 15) is 13.6 Å². The molecule has 0 saturated heterocycles. The Bertz CT molecular complexity index is 427. The number of hydrogen-bond donors (Lipinski definition) is 1. The van der Waals surface area contributed by atoms with Crippen LogP contribution in [-0.2, 0) is 16.0 Å². The fraction of sp³-hybridized carbons (Fsp3) is 0.400. The molecule has 0 aromatic carbocycles. The first-order valence-corrected chi connectivity index (χ1v) is 5.21. The van der Waals surface area contributed by atoms with Crippen LogP contribution in [0.25, 0.3) is 0 Å². The lowest BCUT2D eigenvalue weighted by molar-refractivity contribution is -0.142. The molecule has 4 nitrogen and oxygen atoms in total. The van der Waals surface area contributed by atoms with Gasteiger partial charge in [-0.15, -0.1) is 0 Å². The minimum absolute atomic E-state index is 0.0694. The molecule has 0 unspecified atom stereocenters. The number of nitrogens with zero attached hydrogens (tertiary/aromatic N) is 1. The average Bonchev–Trinajstić information content (AvgIpc) is 2.24. The molecule has 1 heterocycles. The second-order valence-electron chi connectivity index (χ2n) is 3.17. The maximum absolute atomic E-state index is 12.5. The number of hydrogen-bond acceptors (Lipinski definition) is 4. The number of ether oxygens (including phenoxy) is 1. The Morgan fingerprint density at radius 1 is 1.65 bits per heavy atom. The number of aromatic nitrogens is 1. The van der Waals surface area contributed by atoms with Crippen LogP contribution >= 0.6 is 11.6 Å². The summed E-state index contributed by atoms with van der Waals surface area (Å²) < 4.78 is 29.7. The van der Waals surface area contributed by atoms with Crippen LogP contribution in [0.5, 0.6) is 0 Å². The topological polar surface area (TPSA) is 65.2 Å². The third-order valence-electron chi connectivity index (χ3n) is 2.04. The van der Waals surface area contributed by atoms with Crippen LogP contribution in [-0.4, -0.2) is 17.6 Å². The van der Waals surface area contributed by atoms with Gasteiger partial charge in [-0.3, -0.25) is 9.78 Å². The van der Waals surface area contributed by atoms with Crippen molar-refractivity contribution in [2.24, 2.45) is 0 Å². The van der Waals surface area contributed by atoms with E-state index in [1.54, 1.807) is 6.92 Å². The quantitative estimate of drug-likeness (QED) is 0.848. The summed E-state index contributed by atoms with van der Waals surface area (Å²) in [6.45, 7) is 1.84. The molecule has 0 fully saturated rings. The molecule has 0 amide bonds. The van der Waals surface area contributed by atoms with E-state index in [1.165, 1.54) is 0 Å². The van der Waals surface area contributed by atoms with Crippen molar-refractivity contribution in [1.82, 2.24) is 4.98 Å². The van der Waals surface area contributed by atoms with Gasteiger partial charge in [0.25, 0.3) is 6.43 Å². The number of esters is 1. The summed E-state index contributed by atoms with van der Waals surface area (Å²) in [5.74, 6) is -0.576. The molecule has 0 atom stereocenters. The van der Waals surface area contributed by atoms with Gasteiger partial charge in [0, 0.05) is 11.8 Å². The Kier molecular flexibility index (Phi) is 4.62. The highest BCUT2D eigenvalue weighted by Crippen LogP contribution is 2.30. The molecule has 94 valence electrons. The number of rotatable bonds is 4. The summed E-state index contributed by atoms with van der Waals surface area (Å²) in [5, 5.41) is 0.0694. The van der Waals surface area contributed by atoms with Gasteiger partial charge in [0.2, 0.25) is 0 Å². The van der Waals surface area contributed by atoms with Gasteiger partial charge in [-0.05, 0) is 6.92 Å². The van der Waals surface area contributed by atoms with Crippen molar-refractivity contribution in [3.8, 4) is 0 Å². The third kappa shape index (κ3) is 3.26. The van der Waals surface area contributed by atoms with Crippen molar-refractivity contribution in [2.45, 2.75) is 19.8 Å². The lowest BCUT2D eigenvalue weighted by Crippen LogP contribution is -2.12. The first-order chi connectivity index (χ1) is 7.97. The van der Waals surface area contributed by atoms with Crippen LogP contribution in [0.4, 0.5) is 14.5 Å². The highest BCUT2D eigenvalue weighted by molar-refractivity contribution is 6.31. The van der Waals surface area contributed by atoms with Gasteiger partial charge >= 0.3 is 5.97 Å². The minimum atomic E-state index is -2.81. The first kappa shape index (κ1) is 13.6. The van der Waals surface area contributed by atoms with Crippen LogP contribution in [0, 0.1) is 0 Å².